The zero-order valence-electron chi connectivity index (χ0n) is 16.0. The van der Waals surface area contributed by atoms with Gasteiger partial charge in [-0.1, -0.05) is 17.4 Å². The van der Waals surface area contributed by atoms with E-state index in [4.69, 9.17) is 15.6 Å². The molecular weight excluding hydrogens is 406 g/mol. The average Bonchev–Trinajstić information content (AvgIpc) is 3.45. The molecule has 0 radical (unpaired) electrons. The van der Waals surface area contributed by atoms with Gasteiger partial charge in [0.1, 0.15) is 0 Å². The molecule has 1 aliphatic heterocycles. The first-order valence-corrected chi connectivity index (χ1v) is 9.86. The number of rotatable bonds is 2. The molecule has 0 bridgehead atoms. The van der Waals surface area contributed by atoms with Crippen molar-refractivity contribution in [3.05, 3.63) is 59.4 Å². The maximum atomic E-state index is 13.3. The monoisotopic (exact) mass is 425 g/mol. The summed E-state index contributed by atoms with van der Waals surface area (Å²) in [5, 5.41) is 11.6. The first-order chi connectivity index (χ1) is 14.5. The lowest BCUT2D eigenvalue weighted by molar-refractivity contribution is -0.122. The van der Waals surface area contributed by atoms with Gasteiger partial charge in [0, 0.05) is 31.3 Å². The highest BCUT2D eigenvalue weighted by molar-refractivity contribution is 7.22. The van der Waals surface area contributed by atoms with Crippen molar-refractivity contribution in [2.45, 2.75) is 12.5 Å². The fourth-order valence-corrected chi connectivity index (χ4v) is 4.50. The summed E-state index contributed by atoms with van der Waals surface area (Å²) in [7, 11) is 1.88. The van der Waals surface area contributed by atoms with Crippen molar-refractivity contribution in [1.29, 1.82) is 0 Å². The molecule has 1 unspecified atom stereocenters. The summed E-state index contributed by atoms with van der Waals surface area (Å²) < 4.78 is 2.59. The number of aryl methyl sites for hydroxylation is 1. The topological polar surface area (TPSA) is 143 Å². The Kier molecular flexibility index (Phi) is 5.19. The van der Waals surface area contributed by atoms with E-state index in [2.05, 4.69) is 20.1 Å². The van der Waals surface area contributed by atoms with Gasteiger partial charge in [-0.2, -0.15) is 5.10 Å². The molecule has 11 heteroatoms. The van der Waals surface area contributed by atoms with Gasteiger partial charge in [-0.25, -0.2) is 9.97 Å². The number of amides is 1. The van der Waals surface area contributed by atoms with Gasteiger partial charge in [-0.3, -0.25) is 14.3 Å². The van der Waals surface area contributed by atoms with E-state index >= 15 is 0 Å². The largest absolute Gasteiger partial charge is 0.483 e. The number of nitrogens with zero attached hydrogens (tertiary/aromatic N) is 5. The van der Waals surface area contributed by atoms with Crippen LogP contribution in [0.2, 0.25) is 0 Å². The third kappa shape index (κ3) is 3.50. The van der Waals surface area contributed by atoms with Gasteiger partial charge in [-0.05, 0) is 12.1 Å². The fourth-order valence-electron chi connectivity index (χ4n) is 3.66. The number of carbonyl (C=O) groups excluding carboxylic acids is 1. The van der Waals surface area contributed by atoms with Gasteiger partial charge in [0.05, 0.1) is 46.2 Å². The van der Waals surface area contributed by atoms with Crippen LogP contribution in [0.3, 0.4) is 0 Å². The molecule has 0 spiro atoms. The van der Waals surface area contributed by atoms with Crippen molar-refractivity contribution >= 4 is 39.1 Å². The molecule has 1 amide bonds. The third-order valence-corrected chi connectivity index (χ3v) is 5.84. The highest BCUT2D eigenvalue weighted by Gasteiger charge is 2.33. The van der Waals surface area contributed by atoms with Crippen molar-refractivity contribution < 1.29 is 14.7 Å². The third-order valence-electron chi connectivity index (χ3n) is 4.91. The van der Waals surface area contributed by atoms with Crippen LogP contribution in [0.5, 0.6) is 0 Å². The van der Waals surface area contributed by atoms with Crippen LogP contribution in [0, 0.1) is 0 Å². The number of anilines is 1. The van der Waals surface area contributed by atoms with Gasteiger partial charge in [-0.15, -0.1) is 0 Å². The molecule has 1 aromatic carbocycles. The Balaban J connectivity index is 0.000000687. The van der Waals surface area contributed by atoms with Gasteiger partial charge < -0.3 is 20.7 Å². The van der Waals surface area contributed by atoms with Crippen LogP contribution in [-0.2, 0) is 18.4 Å². The molecule has 4 heterocycles. The summed E-state index contributed by atoms with van der Waals surface area (Å²) in [4.78, 5) is 35.5. The number of fused-ring (bicyclic) bond motifs is 2. The van der Waals surface area contributed by atoms with E-state index in [0.717, 1.165) is 27.2 Å². The quantitative estimate of drug-likeness (QED) is 0.416. The number of carbonyl (C=O) groups is 2. The molecule has 0 saturated carbocycles. The highest BCUT2D eigenvalue weighted by Crippen LogP contribution is 2.34. The Hall–Kier alpha value is -3.73. The summed E-state index contributed by atoms with van der Waals surface area (Å²) in [5.41, 5.74) is 10.2. The molecule has 0 saturated heterocycles. The molecule has 4 aromatic rings. The molecule has 5 rings (SSSR count). The second-order valence-corrected chi connectivity index (χ2v) is 7.79. The lowest BCUT2D eigenvalue weighted by Crippen LogP contribution is -2.38. The molecule has 1 aliphatic rings. The maximum absolute atomic E-state index is 13.3. The van der Waals surface area contributed by atoms with Crippen LogP contribution in [0.4, 0.5) is 5.13 Å². The Labute approximate surface area is 175 Å². The number of aromatic nitrogens is 5. The van der Waals surface area contributed by atoms with E-state index in [-0.39, 0.29) is 18.3 Å². The second-order valence-electron chi connectivity index (χ2n) is 6.76. The number of H-pyrrole nitrogens is 1. The molecule has 10 nitrogen and oxygen atoms in total. The average molecular weight is 425 g/mol. The van der Waals surface area contributed by atoms with E-state index in [0.29, 0.717) is 23.8 Å². The number of aromatic amines is 1. The van der Waals surface area contributed by atoms with Gasteiger partial charge in [0.25, 0.3) is 12.4 Å². The van der Waals surface area contributed by atoms with Crippen LogP contribution >= 0.6 is 11.3 Å². The smallest absolute Gasteiger partial charge is 0.290 e. The number of benzene rings is 1. The Morgan fingerprint density at radius 1 is 1.43 bits per heavy atom. The molecule has 3 aromatic heterocycles. The van der Waals surface area contributed by atoms with E-state index in [9.17, 15) is 4.79 Å². The fraction of sp³-hybridized carbons (Fsp3) is 0.211. The van der Waals surface area contributed by atoms with Gasteiger partial charge >= 0.3 is 0 Å². The van der Waals surface area contributed by atoms with Crippen molar-refractivity contribution in [3.63, 3.8) is 0 Å². The predicted octanol–water partition coefficient (Wildman–Crippen LogP) is 1.82. The maximum Gasteiger partial charge on any atom is 0.290 e. The predicted molar refractivity (Wildman–Crippen MR) is 111 cm³/mol. The number of hydrogen-bond acceptors (Lipinski definition) is 7. The number of carboxylic acid groups (broad SMARTS) is 1. The second kappa shape index (κ2) is 7.95. The van der Waals surface area contributed by atoms with E-state index in [1.165, 1.54) is 11.3 Å². The number of nitrogens with two attached hydrogens (primary N) is 1. The number of nitrogens with one attached hydrogen (secondary N) is 1. The highest BCUT2D eigenvalue weighted by atomic mass is 32.1. The number of imidazole rings is 1. The molecule has 0 aliphatic carbocycles. The summed E-state index contributed by atoms with van der Waals surface area (Å²) in [6.07, 6.45) is 5.50. The van der Waals surface area contributed by atoms with Crippen LogP contribution in [-0.4, -0.2) is 53.7 Å². The molecule has 0 fully saturated rings. The van der Waals surface area contributed by atoms with Crippen molar-refractivity contribution in [3.8, 4) is 0 Å². The van der Waals surface area contributed by atoms with E-state index < -0.39 is 0 Å². The number of hydrogen-bond donors (Lipinski definition) is 3. The summed E-state index contributed by atoms with van der Waals surface area (Å²) in [5.74, 6) is -0.0400. The standard InChI is InChI=1S/C18H17N7OS.CH2O2/c1-24-6-10(5-22-24)12-7-25(8-14-15(12)21-9-20-14)17(26)11-3-2-4-13-16(11)27-18(19)23-13;2-1-3/h2-6,9,12H,7-8H2,1H3,(H2,19,23)(H,20,21);1H,(H,2,3). The Bertz CT molecular complexity index is 1210. The van der Waals surface area contributed by atoms with Crippen LogP contribution in [0.25, 0.3) is 10.2 Å². The number of thiazole rings is 1. The molecular formula is C19H19N7O3S. The lowest BCUT2D eigenvalue weighted by Gasteiger charge is -2.31. The summed E-state index contributed by atoms with van der Waals surface area (Å²) in [6.45, 7) is 0.794. The molecule has 4 N–H and O–H groups in total. The molecule has 154 valence electrons. The first kappa shape index (κ1) is 19.6. The first-order valence-electron chi connectivity index (χ1n) is 9.04. The normalized spacial score (nSPS) is 15.4. The van der Waals surface area contributed by atoms with Crippen molar-refractivity contribution in [1.82, 2.24) is 29.6 Å². The minimum Gasteiger partial charge on any atom is -0.483 e. The van der Waals surface area contributed by atoms with Gasteiger partial charge in [0.15, 0.2) is 5.13 Å². The van der Waals surface area contributed by atoms with E-state index in [1.807, 2.05) is 42.5 Å². The minimum atomic E-state index is -0.250. The zero-order chi connectivity index (χ0) is 21.3. The minimum absolute atomic E-state index is 0.0108. The molecule has 1 atom stereocenters. The van der Waals surface area contributed by atoms with Crippen LogP contribution < -0.4 is 5.73 Å². The zero-order valence-corrected chi connectivity index (χ0v) is 16.8. The van der Waals surface area contributed by atoms with Crippen LogP contribution in [0.1, 0.15) is 33.2 Å². The van der Waals surface area contributed by atoms with Gasteiger partial charge in [0.2, 0.25) is 0 Å². The number of nitrogen functional groups attached to an aromatic ring is 1. The van der Waals surface area contributed by atoms with Crippen molar-refractivity contribution in [2.24, 2.45) is 7.05 Å². The van der Waals surface area contributed by atoms with E-state index in [1.54, 1.807) is 11.0 Å². The summed E-state index contributed by atoms with van der Waals surface area (Å²) in [6, 6.07) is 5.56. The van der Waals surface area contributed by atoms with Crippen molar-refractivity contribution in [2.75, 3.05) is 12.3 Å². The Morgan fingerprint density at radius 3 is 2.97 bits per heavy atom. The summed E-state index contributed by atoms with van der Waals surface area (Å²) >= 11 is 1.34. The lowest BCUT2D eigenvalue weighted by atomic mass is 9.92. The van der Waals surface area contributed by atoms with Crippen LogP contribution in [0.15, 0.2) is 36.9 Å². The SMILES string of the molecule is Cn1cc(C2CN(C(=O)c3cccc4nc(N)sc34)Cc3[nH]cnc32)cn1.O=CO. The Morgan fingerprint density at radius 2 is 2.23 bits per heavy atom. The molecule has 30 heavy (non-hydrogen) atoms.